The molecular formula is C11H15NO5S. The monoisotopic (exact) mass is 273 g/mol. The van der Waals surface area contributed by atoms with Gasteiger partial charge in [0.25, 0.3) is 5.69 Å². The molecule has 0 spiro atoms. The Hall–Kier alpha value is -1.47. The number of nitro groups is 1. The van der Waals surface area contributed by atoms with E-state index in [4.69, 9.17) is 0 Å². The molecule has 6 nitrogen and oxygen atoms in total. The van der Waals surface area contributed by atoms with Crippen LogP contribution in [0.5, 0.6) is 0 Å². The third-order valence-corrected chi connectivity index (χ3v) is 4.44. The number of aliphatic hydroxyl groups excluding tert-OH is 1. The molecule has 2 atom stereocenters. The molecule has 0 aromatic heterocycles. The minimum atomic E-state index is -3.37. The van der Waals surface area contributed by atoms with Gasteiger partial charge in [-0.1, -0.05) is 6.92 Å². The first-order chi connectivity index (χ1) is 8.27. The summed E-state index contributed by atoms with van der Waals surface area (Å²) >= 11 is 0. The second kappa shape index (κ2) is 5.45. The van der Waals surface area contributed by atoms with Crippen LogP contribution in [0.15, 0.2) is 24.3 Å². The van der Waals surface area contributed by atoms with Crippen LogP contribution in [0.1, 0.15) is 25.0 Å². The van der Waals surface area contributed by atoms with Gasteiger partial charge in [-0.15, -0.1) is 0 Å². The largest absolute Gasteiger partial charge is 0.387 e. The lowest BCUT2D eigenvalue weighted by Crippen LogP contribution is -2.26. The highest BCUT2D eigenvalue weighted by atomic mass is 32.2. The third kappa shape index (κ3) is 3.27. The number of nitro benzene ring substituents is 1. The van der Waals surface area contributed by atoms with Crippen molar-refractivity contribution >= 4 is 15.5 Å². The summed E-state index contributed by atoms with van der Waals surface area (Å²) < 4.78 is 23.0. The Kier molecular flexibility index (Phi) is 4.42. The fourth-order valence-corrected chi connectivity index (χ4v) is 3.00. The van der Waals surface area contributed by atoms with E-state index in [2.05, 4.69) is 0 Å². The molecule has 100 valence electrons. The Labute approximate surface area is 105 Å². The van der Waals surface area contributed by atoms with Gasteiger partial charge in [0.2, 0.25) is 0 Å². The summed E-state index contributed by atoms with van der Waals surface area (Å²) in [5.74, 6) is 0. The molecular weight excluding hydrogens is 258 g/mol. The van der Waals surface area contributed by atoms with E-state index in [1.54, 1.807) is 6.92 Å². The summed E-state index contributed by atoms with van der Waals surface area (Å²) in [5.41, 5.74) is 0.260. The summed E-state index contributed by atoms with van der Waals surface area (Å²) in [4.78, 5) is 9.93. The highest BCUT2D eigenvalue weighted by molar-refractivity contribution is 7.91. The lowest BCUT2D eigenvalue weighted by Gasteiger charge is -2.20. The average molecular weight is 273 g/mol. The second-order valence-electron chi connectivity index (χ2n) is 4.07. The van der Waals surface area contributed by atoms with E-state index in [1.165, 1.54) is 24.3 Å². The van der Waals surface area contributed by atoms with Gasteiger partial charge in [-0.2, -0.15) is 0 Å². The number of hydrogen-bond acceptors (Lipinski definition) is 5. The van der Waals surface area contributed by atoms with Crippen LogP contribution in [-0.4, -0.2) is 30.0 Å². The van der Waals surface area contributed by atoms with Gasteiger partial charge < -0.3 is 5.11 Å². The SMILES string of the molecule is CC[C@H]([C@@H](O)c1ccc([N+](=O)[O-])cc1)S(C)(=O)=O. The fourth-order valence-electron chi connectivity index (χ4n) is 1.77. The summed E-state index contributed by atoms with van der Waals surface area (Å²) in [7, 11) is -3.37. The van der Waals surface area contributed by atoms with Crippen LogP contribution in [0, 0.1) is 10.1 Å². The van der Waals surface area contributed by atoms with Crippen molar-refractivity contribution in [2.45, 2.75) is 24.7 Å². The van der Waals surface area contributed by atoms with Gasteiger partial charge in [0.05, 0.1) is 16.3 Å². The molecule has 1 rings (SSSR count). The molecule has 0 unspecified atom stereocenters. The molecule has 1 aromatic rings. The molecule has 0 saturated heterocycles. The van der Waals surface area contributed by atoms with Gasteiger partial charge >= 0.3 is 0 Å². The maximum absolute atomic E-state index is 11.5. The van der Waals surface area contributed by atoms with Crippen molar-refractivity contribution in [3.8, 4) is 0 Å². The molecule has 0 aliphatic carbocycles. The van der Waals surface area contributed by atoms with E-state index in [0.29, 0.717) is 5.56 Å². The van der Waals surface area contributed by atoms with Crippen LogP contribution < -0.4 is 0 Å². The summed E-state index contributed by atoms with van der Waals surface area (Å²) in [6.45, 7) is 1.67. The number of nitrogens with zero attached hydrogens (tertiary/aromatic N) is 1. The van der Waals surface area contributed by atoms with Crippen molar-refractivity contribution < 1.29 is 18.4 Å². The Morgan fingerprint density at radius 1 is 1.33 bits per heavy atom. The highest BCUT2D eigenvalue weighted by Gasteiger charge is 2.28. The van der Waals surface area contributed by atoms with E-state index in [1.807, 2.05) is 0 Å². The zero-order valence-corrected chi connectivity index (χ0v) is 10.9. The van der Waals surface area contributed by atoms with Gasteiger partial charge in [0.1, 0.15) is 0 Å². The molecule has 0 aliphatic rings. The first-order valence-electron chi connectivity index (χ1n) is 5.38. The molecule has 0 heterocycles. The lowest BCUT2D eigenvalue weighted by atomic mass is 10.0. The summed E-state index contributed by atoms with van der Waals surface area (Å²) in [5, 5.41) is 19.6. The maximum Gasteiger partial charge on any atom is 0.269 e. The topological polar surface area (TPSA) is 97.5 Å². The molecule has 0 radical (unpaired) electrons. The van der Waals surface area contributed by atoms with Crippen molar-refractivity contribution in [1.29, 1.82) is 0 Å². The number of rotatable bonds is 5. The Balaban J connectivity index is 3.03. The molecule has 0 bridgehead atoms. The van der Waals surface area contributed by atoms with Crippen LogP contribution in [0.25, 0.3) is 0 Å². The van der Waals surface area contributed by atoms with Gasteiger partial charge in [0, 0.05) is 18.4 Å². The molecule has 0 amide bonds. The van der Waals surface area contributed by atoms with E-state index in [0.717, 1.165) is 6.26 Å². The molecule has 0 aliphatic heterocycles. The Bertz CT molecular complexity index is 523. The lowest BCUT2D eigenvalue weighted by molar-refractivity contribution is -0.384. The number of aliphatic hydroxyl groups is 1. The van der Waals surface area contributed by atoms with E-state index < -0.39 is 26.1 Å². The molecule has 7 heteroatoms. The van der Waals surface area contributed by atoms with Crippen molar-refractivity contribution in [2.24, 2.45) is 0 Å². The first-order valence-corrected chi connectivity index (χ1v) is 7.34. The van der Waals surface area contributed by atoms with E-state index >= 15 is 0 Å². The number of hydrogen-bond donors (Lipinski definition) is 1. The van der Waals surface area contributed by atoms with Crippen molar-refractivity contribution in [3.05, 3.63) is 39.9 Å². The molecule has 1 aromatic carbocycles. The van der Waals surface area contributed by atoms with Gasteiger partial charge in [-0.05, 0) is 24.1 Å². The fraction of sp³-hybridized carbons (Fsp3) is 0.455. The minimum Gasteiger partial charge on any atom is -0.387 e. The van der Waals surface area contributed by atoms with Crippen molar-refractivity contribution in [1.82, 2.24) is 0 Å². The maximum atomic E-state index is 11.5. The molecule has 18 heavy (non-hydrogen) atoms. The van der Waals surface area contributed by atoms with E-state index in [9.17, 15) is 23.6 Å². The normalized spacial score (nSPS) is 15.1. The van der Waals surface area contributed by atoms with Crippen LogP contribution in [0.4, 0.5) is 5.69 Å². The Morgan fingerprint density at radius 3 is 2.17 bits per heavy atom. The predicted molar refractivity (Wildman–Crippen MR) is 67.0 cm³/mol. The first kappa shape index (κ1) is 14.6. The highest BCUT2D eigenvalue weighted by Crippen LogP contribution is 2.25. The molecule has 0 saturated carbocycles. The second-order valence-corrected chi connectivity index (χ2v) is 6.33. The van der Waals surface area contributed by atoms with Crippen LogP contribution in [-0.2, 0) is 9.84 Å². The van der Waals surface area contributed by atoms with Crippen LogP contribution >= 0.6 is 0 Å². The van der Waals surface area contributed by atoms with Crippen LogP contribution in [0.3, 0.4) is 0 Å². The Morgan fingerprint density at radius 2 is 1.83 bits per heavy atom. The van der Waals surface area contributed by atoms with Gasteiger partial charge in [0.15, 0.2) is 9.84 Å². The van der Waals surface area contributed by atoms with E-state index in [-0.39, 0.29) is 12.1 Å². The summed E-state index contributed by atoms with van der Waals surface area (Å²) in [6, 6.07) is 5.23. The predicted octanol–water partition coefficient (Wildman–Crippen LogP) is 1.45. The molecule has 0 fully saturated rings. The smallest absolute Gasteiger partial charge is 0.269 e. The average Bonchev–Trinajstić information content (AvgIpc) is 2.28. The van der Waals surface area contributed by atoms with Crippen molar-refractivity contribution in [2.75, 3.05) is 6.26 Å². The number of sulfone groups is 1. The van der Waals surface area contributed by atoms with Crippen molar-refractivity contribution in [3.63, 3.8) is 0 Å². The molecule has 1 N–H and O–H groups in total. The summed E-state index contributed by atoms with van der Waals surface area (Å²) in [6.07, 6.45) is 0.165. The van der Waals surface area contributed by atoms with Gasteiger partial charge in [-0.3, -0.25) is 10.1 Å². The third-order valence-electron chi connectivity index (χ3n) is 2.75. The zero-order chi connectivity index (χ0) is 13.9. The number of benzene rings is 1. The quantitative estimate of drug-likeness (QED) is 0.646. The minimum absolute atomic E-state index is 0.0987. The zero-order valence-electron chi connectivity index (χ0n) is 10.1. The standard InChI is InChI=1S/C11H15NO5S/c1-3-10(18(2,16)17)11(13)8-4-6-9(7-5-8)12(14)15/h4-7,10-11,13H,3H2,1-2H3/t10-,11+/m1/s1. The van der Waals surface area contributed by atoms with Crippen LogP contribution in [0.2, 0.25) is 0 Å². The number of non-ortho nitro benzene ring substituents is 1. The van der Waals surface area contributed by atoms with Gasteiger partial charge in [-0.25, -0.2) is 8.42 Å².